The highest BCUT2D eigenvalue weighted by molar-refractivity contribution is 5.99. The highest BCUT2D eigenvalue weighted by Gasteiger charge is 2.33. The number of H-pyrrole nitrogens is 1. The third-order valence-corrected chi connectivity index (χ3v) is 5.26. The van der Waals surface area contributed by atoms with Gasteiger partial charge in [0.2, 0.25) is 5.91 Å². The molecule has 0 spiro atoms. The van der Waals surface area contributed by atoms with E-state index in [0.717, 1.165) is 26.1 Å². The Morgan fingerprint density at radius 1 is 1.30 bits per heavy atom. The number of aromatic nitrogens is 1. The summed E-state index contributed by atoms with van der Waals surface area (Å²) in [5.41, 5.74) is 5.13. The third-order valence-electron chi connectivity index (χ3n) is 5.26. The Hall–Kier alpha value is -2.07. The Bertz CT molecular complexity index is 785. The molecule has 0 radical (unpaired) electrons. The molecule has 0 unspecified atom stereocenters. The van der Waals surface area contributed by atoms with Gasteiger partial charge in [-0.05, 0) is 43.0 Å². The van der Waals surface area contributed by atoms with E-state index >= 15 is 0 Å². The van der Waals surface area contributed by atoms with Crippen molar-refractivity contribution in [3.63, 3.8) is 0 Å². The average Bonchev–Trinajstić information content (AvgIpc) is 3.00. The van der Waals surface area contributed by atoms with Crippen LogP contribution in [0.25, 0.3) is 16.5 Å². The van der Waals surface area contributed by atoms with Crippen LogP contribution in [-0.2, 0) is 11.2 Å². The number of carbonyl (C=O) groups is 1. The van der Waals surface area contributed by atoms with Crippen LogP contribution in [0.5, 0.6) is 0 Å². The van der Waals surface area contributed by atoms with Gasteiger partial charge in [-0.3, -0.25) is 4.79 Å². The zero-order chi connectivity index (χ0) is 16.0. The molecule has 2 aromatic rings. The summed E-state index contributed by atoms with van der Waals surface area (Å²) in [5, 5.41) is 4.93. The van der Waals surface area contributed by atoms with Gasteiger partial charge < -0.3 is 15.2 Å². The maximum Gasteiger partial charge on any atom is 0.230 e. The number of nitrogens with zero attached hydrogens (tertiary/aromatic N) is 1. The fourth-order valence-electron chi connectivity index (χ4n) is 4.04. The Balaban J connectivity index is 1.76. The van der Waals surface area contributed by atoms with Crippen molar-refractivity contribution in [2.75, 3.05) is 19.6 Å². The quantitative estimate of drug-likeness (QED) is 0.915. The molecule has 1 aromatic carbocycles. The first-order valence-electron chi connectivity index (χ1n) is 8.56. The van der Waals surface area contributed by atoms with E-state index in [9.17, 15) is 4.79 Å². The van der Waals surface area contributed by atoms with E-state index in [2.05, 4.69) is 40.8 Å². The van der Waals surface area contributed by atoms with Crippen LogP contribution in [-0.4, -0.2) is 41.5 Å². The van der Waals surface area contributed by atoms with Crippen molar-refractivity contribution in [1.82, 2.24) is 15.2 Å². The average molecular weight is 309 g/mol. The van der Waals surface area contributed by atoms with Crippen LogP contribution in [0.2, 0.25) is 0 Å². The van der Waals surface area contributed by atoms with E-state index in [1.807, 2.05) is 18.7 Å². The minimum Gasteiger partial charge on any atom is -0.361 e. The summed E-state index contributed by atoms with van der Waals surface area (Å²) >= 11 is 0. The van der Waals surface area contributed by atoms with Gasteiger partial charge in [-0.2, -0.15) is 0 Å². The number of carbonyl (C=O) groups excluding carboxylic acids is 1. The first-order valence-corrected chi connectivity index (χ1v) is 8.56. The Labute approximate surface area is 136 Å². The summed E-state index contributed by atoms with van der Waals surface area (Å²) in [4.78, 5) is 18.0. The summed E-state index contributed by atoms with van der Waals surface area (Å²) in [6.45, 7) is 6.37. The molecule has 2 heterocycles. The Morgan fingerprint density at radius 2 is 2.13 bits per heavy atom. The monoisotopic (exact) mass is 309 g/mol. The van der Waals surface area contributed by atoms with Crippen molar-refractivity contribution in [3.05, 3.63) is 41.6 Å². The van der Waals surface area contributed by atoms with Crippen LogP contribution in [0, 0.1) is 5.92 Å². The summed E-state index contributed by atoms with van der Waals surface area (Å²) in [6, 6.07) is 6.73. The molecule has 1 aliphatic carbocycles. The SMILES string of the molecule is CCN(CC)C(=O)[C@H]1C=C2c3cccc4[nH]cc(c34)C[C@H]2NC1. The molecule has 1 aromatic heterocycles. The van der Waals surface area contributed by atoms with Gasteiger partial charge in [-0.15, -0.1) is 0 Å². The molecule has 4 heteroatoms. The normalized spacial score (nSPS) is 22.6. The van der Waals surface area contributed by atoms with Crippen LogP contribution >= 0.6 is 0 Å². The molecule has 0 fully saturated rings. The van der Waals surface area contributed by atoms with Gasteiger partial charge >= 0.3 is 0 Å². The molecule has 4 rings (SSSR count). The molecule has 0 saturated heterocycles. The summed E-state index contributed by atoms with van der Waals surface area (Å²) in [5.74, 6) is 0.178. The predicted octanol–water partition coefficient (Wildman–Crippen LogP) is 2.56. The molecular formula is C19H23N3O. The van der Waals surface area contributed by atoms with E-state index in [0.29, 0.717) is 6.04 Å². The Kier molecular flexibility index (Phi) is 3.49. The number of rotatable bonds is 3. The van der Waals surface area contributed by atoms with Crippen molar-refractivity contribution in [2.24, 2.45) is 5.92 Å². The lowest BCUT2D eigenvalue weighted by molar-refractivity contribution is -0.133. The topological polar surface area (TPSA) is 48.1 Å². The molecule has 0 bridgehead atoms. The van der Waals surface area contributed by atoms with Gasteiger partial charge in [-0.1, -0.05) is 18.2 Å². The van der Waals surface area contributed by atoms with Crippen LogP contribution in [0.15, 0.2) is 30.5 Å². The molecule has 4 nitrogen and oxygen atoms in total. The highest BCUT2D eigenvalue weighted by Crippen LogP contribution is 2.38. The number of aromatic amines is 1. The standard InChI is InChI=1S/C19H23N3O/c1-3-22(4-2)19(23)13-8-15-14-6-5-7-16-18(14)12(10-20-16)9-17(15)21-11-13/h5-8,10,13,17,20-21H,3-4,9,11H2,1-2H3/t13-,17+/m0/s1. The minimum absolute atomic E-state index is 0.0584. The first kappa shape index (κ1) is 14.5. The van der Waals surface area contributed by atoms with Gasteiger partial charge in [0, 0.05) is 42.8 Å². The lowest BCUT2D eigenvalue weighted by Gasteiger charge is -2.34. The maximum atomic E-state index is 12.7. The van der Waals surface area contributed by atoms with E-state index in [-0.39, 0.29) is 11.8 Å². The number of amides is 1. The largest absolute Gasteiger partial charge is 0.361 e. The summed E-state index contributed by atoms with van der Waals surface area (Å²) < 4.78 is 0. The van der Waals surface area contributed by atoms with Crippen LogP contribution in [0.1, 0.15) is 25.0 Å². The molecule has 2 atom stereocenters. The third kappa shape index (κ3) is 2.20. The lowest BCUT2D eigenvalue weighted by Crippen LogP contribution is -2.46. The molecule has 1 amide bonds. The fraction of sp³-hybridized carbons (Fsp3) is 0.421. The number of fused-ring (bicyclic) bond motifs is 2. The van der Waals surface area contributed by atoms with Crippen molar-refractivity contribution in [2.45, 2.75) is 26.3 Å². The van der Waals surface area contributed by atoms with Crippen LogP contribution < -0.4 is 5.32 Å². The number of hydrogen-bond donors (Lipinski definition) is 2. The van der Waals surface area contributed by atoms with Gasteiger partial charge in [-0.25, -0.2) is 0 Å². The number of nitrogens with one attached hydrogen (secondary N) is 2. The van der Waals surface area contributed by atoms with Crippen LogP contribution in [0.3, 0.4) is 0 Å². The lowest BCUT2D eigenvalue weighted by atomic mass is 9.80. The van der Waals surface area contributed by atoms with E-state index in [1.54, 1.807) is 0 Å². The molecule has 0 saturated carbocycles. The van der Waals surface area contributed by atoms with Crippen LogP contribution in [0.4, 0.5) is 0 Å². The first-order chi connectivity index (χ1) is 11.2. The minimum atomic E-state index is -0.0584. The number of hydrogen-bond acceptors (Lipinski definition) is 2. The molecule has 2 N–H and O–H groups in total. The fourth-order valence-corrected chi connectivity index (χ4v) is 4.04. The molecule has 1 aliphatic heterocycles. The highest BCUT2D eigenvalue weighted by atomic mass is 16.2. The second-order valence-corrected chi connectivity index (χ2v) is 6.45. The van der Waals surface area contributed by atoms with Crippen molar-refractivity contribution in [3.8, 4) is 0 Å². The molecular weight excluding hydrogens is 286 g/mol. The van der Waals surface area contributed by atoms with Crippen molar-refractivity contribution >= 4 is 22.4 Å². The summed E-state index contributed by atoms with van der Waals surface area (Å²) in [7, 11) is 0. The van der Waals surface area contributed by atoms with E-state index in [1.165, 1.54) is 27.6 Å². The molecule has 23 heavy (non-hydrogen) atoms. The predicted molar refractivity (Wildman–Crippen MR) is 93.2 cm³/mol. The van der Waals surface area contributed by atoms with Gasteiger partial charge in [0.25, 0.3) is 0 Å². The van der Waals surface area contributed by atoms with Crippen molar-refractivity contribution in [1.29, 1.82) is 0 Å². The molecule has 120 valence electrons. The molecule has 2 aliphatic rings. The van der Waals surface area contributed by atoms with Crippen molar-refractivity contribution < 1.29 is 4.79 Å². The van der Waals surface area contributed by atoms with Gasteiger partial charge in [0.1, 0.15) is 0 Å². The second kappa shape index (κ2) is 5.53. The Morgan fingerprint density at radius 3 is 2.91 bits per heavy atom. The zero-order valence-electron chi connectivity index (χ0n) is 13.7. The maximum absolute atomic E-state index is 12.7. The van der Waals surface area contributed by atoms with E-state index < -0.39 is 0 Å². The number of benzene rings is 1. The second-order valence-electron chi connectivity index (χ2n) is 6.45. The van der Waals surface area contributed by atoms with Gasteiger partial charge in [0.05, 0.1) is 5.92 Å². The smallest absolute Gasteiger partial charge is 0.230 e. The van der Waals surface area contributed by atoms with E-state index in [4.69, 9.17) is 0 Å². The van der Waals surface area contributed by atoms with Gasteiger partial charge in [0.15, 0.2) is 0 Å². The zero-order valence-corrected chi connectivity index (χ0v) is 13.7. The summed E-state index contributed by atoms with van der Waals surface area (Å²) in [6.07, 6.45) is 5.33.